The van der Waals surface area contributed by atoms with Crippen LogP contribution in [-0.2, 0) is 0 Å². The van der Waals surface area contributed by atoms with Gasteiger partial charge in [-0.3, -0.25) is 0 Å². The number of halogens is 1. The van der Waals surface area contributed by atoms with E-state index in [1.165, 1.54) is 30.3 Å². The first kappa shape index (κ1) is 10.4. The topological polar surface area (TPSA) is 61.0 Å². The summed E-state index contributed by atoms with van der Waals surface area (Å²) >= 11 is 0. The van der Waals surface area contributed by atoms with Crippen LogP contribution >= 0.6 is 0 Å². The van der Waals surface area contributed by atoms with Crippen LogP contribution in [0.4, 0.5) is 10.2 Å². The minimum absolute atomic E-state index is 0.314. The third-order valence-electron chi connectivity index (χ3n) is 1.87. The SMILES string of the molecule is Cc1nc(N)cc(Oc2ccc(F)cc2)n1. The Morgan fingerprint density at radius 3 is 2.50 bits per heavy atom. The van der Waals surface area contributed by atoms with Gasteiger partial charge in [0.2, 0.25) is 5.88 Å². The van der Waals surface area contributed by atoms with Gasteiger partial charge < -0.3 is 10.5 Å². The summed E-state index contributed by atoms with van der Waals surface area (Å²) in [5.41, 5.74) is 5.55. The molecule has 0 aliphatic rings. The molecule has 4 nitrogen and oxygen atoms in total. The standard InChI is InChI=1S/C11H10FN3O/c1-7-14-10(13)6-11(15-7)16-9-4-2-8(12)3-5-9/h2-6H,1H3,(H2,13,14,15). The van der Waals surface area contributed by atoms with Crippen LogP contribution in [0.1, 0.15) is 5.82 Å². The summed E-state index contributed by atoms with van der Waals surface area (Å²) in [5.74, 6) is 1.39. The summed E-state index contributed by atoms with van der Waals surface area (Å²) in [6, 6.07) is 7.17. The molecule has 0 amide bonds. The van der Waals surface area contributed by atoms with Crippen molar-refractivity contribution in [3.63, 3.8) is 0 Å². The van der Waals surface area contributed by atoms with Crippen molar-refractivity contribution in [1.29, 1.82) is 0 Å². The fourth-order valence-corrected chi connectivity index (χ4v) is 1.24. The van der Waals surface area contributed by atoms with Crippen LogP contribution < -0.4 is 10.5 Å². The van der Waals surface area contributed by atoms with E-state index in [0.29, 0.717) is 23.3 Å². The molecule has 82 valence electrons. The molecule has 0 unspecified atom stereocenters. The summed E-state index contributed by atoms with van der Waals surface area (Å²) in [4.78, 5) is 7.96. The number of aromatic nitrogens is 2. The highest BCUT2D eigenvalue weighted by Gasteiger charge is 2.02. The highest BCUT2D eigenvalue weighted by Crippen LogP contribution is 2.20. The lowest BCUT2D eigenvalue weighted by Gasteiger charge is -2.05. The number of anilines is 1. The molecule has 0 fully saturated rings. The lowest BCUT2D eigenvalue weighted by Crippen LogP contribution is -1.97. The molecule has 2 aromatic rings. The summed E-state index contributed by atoms with van der Waals surface area (Å²) in [6.07, 6.45) is 0. The second kappa shape index (κ2) is 4.14. The Balaban J connectivity index is 2.23. The highest BCUT2D eigenvalue weighted by molar-refractivity contribution is 5.35. The van der Waals surface area contributed by atoms with E-state index in [-0.39, 0.29) is 5.82 Å². The minimum Gasteiger partial charge on any atom is -0.439 e. The third kappa shape index (κ3) is 2.44. The Kier molecular flexibility index (Phi) is 2.68. The average molecular weight is 219 g/mol. The number of rotatable bonds is 2. The van der Waals surface area contributed by atoms with Gasteiger partial charge in [0, 0.05) is 6.07 Å². The predicted molar refractivity (Wildman–Crippen MR) is 57.7 cm³/mol. The van der Waals surface area contributed by atoms with E-state index in [9.17, 15) is 4.39 Å². The summed E-state index contributed by atoms with van der Waals surface area (Å²) in [5, 5.41) is 0. The van der Waals surface area contributed by atoms with Gasteiger partial charge in [-0.2, -0.15) is 4.98 Å². The number of nitrogens with two attached hydrogens (primary N) is 1. The van der Waals surface area contributed by atoms with Crippen LogP contribution in [0.3, 0.4) is 0 Å². The Labute approximate surface area is 91.9 Å². The second-order valence-corrected chi connectivity index (χ2v) is 3.23. The van der Waals surface area contributed by atoms with E-state index >= 15 is 0 Å². The summed E-state index contributed by atoms with van der Waals surface area (Å²) < 4.78 is 18.0. The molecule has 0 aliphatic carbocycles. The molecule has 1 aromatic heterocycles. The third-order valence-corrected chi connectivity index (χ3v) is 1.87. The Hall–Kier alpha value is -2.17. The molecule has 5 heteroatoms. The van der Waals surface area contributed by atoms with Crippen molar-refractivity contribution in [2.24, 2.45) is 0 Å². The van der Waals surface area contributed by atoms with E-state index in [0.717, 1.165) is 0 Å². The van der Waals surface area contributed by atoms with Gasteiger partial charge in [0.05, 0.1) is 0 Å². The monoisotopic (exact) mass is 219 g/mol. The van der Waals surface area contributed by atoms with Crippen molar-refractivity contribution in [3.8, 4) is 11.6 Å². The summed E-state index contributed by atoms with van der Waals surface area (Å²) in [6.45, 7) is 1.72. The molecule has 1 aromatic carbocycles. The molecule has 2 N–H and O–H groups in total. The fourth-order valence-electron chi connectivity index (χ4n) is 1.24. The number of hydrogen-bond acceptors (Lipinski definition) is 4. The lowest BCUT2D eigenvalue weighted by molar-refractivity contribution is 0.458. The largest absolute Gasteiger partial charge is 0.439 e. The van der Waals surface area contributed by atoms with Crippen molar-refractivity contribution in [1.82, 2.24) is 9.97 Å². The first-order chi connectivity index (χ1) is 7.63. The molecule has 0 spiro atoms. The van der Waals surface area contributed by atoms with E-state index < -0.39 is 0 Å². The van der Waals surface area contributed by atoms with Crippen LogP contribution in [-0.4, -0.2) is 9.97 Å². The van der Waals surface area contributed by atoms with E-state index in [1.54, 1.807) is 6.92 Å². The molecule has 0 aliphatic heterocycles. The maximum atomic E-state index is 12.7. The molecule has 0 saturated heterocycles. The quantitative estimate of drug-likeness (QED) is 0.841. The molecule has 2 rings (SSSR count). The lowest BCUT2D eigenvalue weighted by atomic mass is 10.3. The van der Waals surface area contributed by atoms with Gasteiger partial charge in [-0.1, -0.05) is 0 Å². The van der Waals surface area contributed by atoms with Crippen molar-refractivity contribution in [3.05, 3.63) is 42.0 Å². The maximum absolute atomic E-state index is 12.7. The zero-order valence-electron chi connectivity index (χ0n) is 8.64. The highest BCUT2D eigenvalue weighted by atomic mass is 19.1. The average Bonchev–Trinajstić information content (AvgIpc) is 2.20. The molecule has 0 saturated carbocycles. The van der Waals surface area contributed by atoms with Crippen LogP contribution in [0, 0.1) is 12.7 Å². The molecule has 1 heterocycles. The van der Waals surface area contributed by atoms with E-state index in [2.05, 4.69) is 9.97 Å². The number of nitrogen functional groups attached to an aromatic ring is 1. The predicted octanol–water partition coefficient (Wildman–Crippen LogP) is 2.30. The van der Waals surface area contributed by atoms with Gasteiger partial charge in [-0.25, -0.2) is 9.37 Å². The van der Waals surface area contributed by atoms with Gasteiger partial charge in [0.1, 0.15) is 23.2 Å². The number of benzene rings is 1. The van der Waals surface area contributed by atoms with Gasteiger partial charge in [0.15, 0.2) is 0 Å². The Morgan fingerprint density at radius 2 is 1.88 bits per heavy atom. The zero-order chi connectivity index (χ0) is 11.5. The zero-order valence-corrected chi connectivity index (χ0v) is 8.64. The number of aryl methyl sites for hydroxylation is 1. The van der Waals surface area contributed by atoms with Crippen molar-refractivity contribution >= 4 is 5.82 Å². The first-order valence-electron chi connectivity index (χ1n) is 4.68. The fraction of sp³-hybridized carbons (Fsp3) is 0.0909. The van der Waals surface area contributed by atoms with Crippen molar-refractivity contribution in [2.45, 2.75) is 6.92 Å². The smallest absolute Gasteiger partial charge is 0.224 e. The van der Waals surface area contributed by atoms with Crippen LogP contribution in [0.2, 0.25) is 0 Å². The van der Waals surface area contributed by atoms with Gasteiger partial charge >= 0.3 is 0 Å². The van der Waals surface area contributed by atoms with Gasteiger partial charge in [-0.15, -0.1) is 0 Å². The molecular weight excluding hydrogens is 209 g/mol. The maximum Gasteiger partial charge on any atom is 0.224 e. The van der Waals surface area contributed by atoms with Crippen LogP contribution in [0.25, 0.3) is 0 Å². The van der Waals surface area contributed by atoms with Crippen LogP contribution in [0.15, 0.2) is 30.3 Å². The van der Waals surface area contributed by atoms with Crippen molar-refractivity contribution in [2.75, 3.05) is 5.73 Å². The van der Waals surface area contributed by atoms with Gasteiger partial charge in [-0.05, 0) is 31.2 Å². The first-order valence-corrected chi connectivity index (χ1v) is 4.68. The number of hydrogen-bond donors (Lipinski definition) is 1. The number of ether oxygens (including phenoxy) is 1. The van der Waals surface area contributed by atoms with E-state index in [4.69, 9.17) is 10.5 Å². The molecule has 0 bridgehead atoms. The van der Waals surface area contributed by atoms with E-state index in [1.807, 2.05) is 0 Å². The Morgan fingerprint density at radius 1 is 1.19 bits per heavy atom. The normalized spacial score (nSPS) is 10.1. The molecule has 0 radical (unpaired) electrons. The minimum atomic E-state index is -0.314. The molecular formula is C11H10FN3O. The second-order valence-electron chi connectivity index (χ2n) is 3.23. The summed E-state index contributed by atoms with van der Waals surface area (Å²) in [7, 11) is 0. The number of nitrogens with zero attached hydrogens (tertiary/aromatic N) is 2. The van der Waals surface area contributed by atoms with Crippen molar-refractivity contribution < 1.29 is 9.13 Å². The Bertz CT molecular complexity index is 479. The molecule has 0 atom stereocenters. The van der Waals surface area contributed by atoms with Gasteiger partial charge in [0.25, 0.3) is 0 Å². The molecule has 16 heavy (non-hydrogen) atoms. The van der Waals surface area contributed by atoms with Crippen LogP contribution in [0.5, 0.6) is 11.6 Å².